The monoisotopic (exact) mass is 534 g/mol. The fourth-order valence-electron chi connectivity index (χ4n) is 4.63. The van der Waals surface area contributed by atoms with Crippen molar-refractivity contribution in [3.8, 4) is 11.6 Å². The van der Waals surface area contributed by atoms with Gasteiger partial charge in [-0.25, -0.2) is 9.78 Å². The van der Waals surface area contributed by atoms with Gasteiger partial charge >= 0.3 is 12.1 Å². The van der Waals surface area contributed by atoms with Crippen LogP contribution in [0.3, 0.4) is 0 Å². The van der Waals surface area contributed by atoms with Crippen molar-refractivity contribution in [2.75, 3.05) is 25.7 Å². The molecule has 38 heavy (non-hydrogen) atoms. The highest BCUT2D eigenvalue weighted by Crippen LogP contribution is 2.39. The van der Waals surface area contributed by atoms with Crippen LogP contribution in [0.5, 0.6) is 11.6 Å². The minimum Gasteiger partial charge on any atom is -0.465 e. The number of pyridine rings is 1. The van der Waals surface area contributed by atoms with Gasteiger partial charge in [0, 0.05) is 19.2 Å². The van der Waals surface area contributed by atoms with Gasteiger partial charge in [-0.3, -0.25) is 4.79 Å². The largest absolute Gasteiger partial charge is 0.465 e. The molecule has 1 aliphatic rings. The Kier molecular flexibility index (Phi) is 9.54. The van der Waals surface area contributed by atoms with Crippen LogP contribution < -0.4 is 9.64 Å². The zero-order valence-electron chi connectivity index (χ0n) is 22.0. The number of benzene rings is 1. The van der Waals surface area contributed by atoms with Crippen LogP contribution in [0.2, 0.25) is 0 Å². The molecule has 1 amide bonds. The molecule has 0 bridgehead atoms. The first kappa shape index (κ1) is 29.2. The van der Waals surface area contributed by atoms with E-state index in [0.717, 1.165) is 31.7 Å². The van der Waals surface area contributed by atoms with Crippen molar-refractivity contribution in [2.45, 2.75) is 51.7 Å². The summed E-state index contributed by atoms with van der Waals surface area (Å²) >= 11 is 0. The predicted molar refractivity (Wildman–Crippen MR) is 137 cm³/mol. The third-order valence-electron chi connectivity index (χ3n) is 6.71. The van der Waals surface area contributed by atoms with E-state index < -0.39 is 29.6 Å². The molecule has 0 N–H and O–H groups in total. The van der Waals surface area contributed by atoms with E-state index in [1.54, 1.807) is 6.92 Å². The number of alkyl halides is 3. The smallest absolute Gasteiger partial charge is 0.421 e. The standard InChI is InChI=1S/C28H33F3N2O5/c1-6-19-13-23(28(29,30)31)25(32-15-19)38-21-11-12-24(22(14-21)27(35)37-5)33(18(3)16-36-4)26(34)20-9-7-17(2)8-10-20/h6,11-15,17-18,20H,1,7-10,16H2,2-5H3/t17-,18-,20-/m0/s1. The summed E-state index contributed by atoms with van der Waals surface area (Å²) in [5.41, 5.74) is -0.672. The second-order valence-electron chi connectivity index (χ2n) is 9.57. The zero-order valence-corrected chi connectivity index (χ0v) is 22.0. The van der Waals surface area contributed by atoms with Crippen LogP contribution >= 0.6 is 0 Å². The van der Waals surface area contributed by atoms with Crippen molar-refractivity contribution >= 4 is 23.6 Å². The lowest BCUT2D eigenvalue weighted by Gasteiger charge is -2.35. The summed E-state index contributed by atoms with van der Waals surface area (Å²) in [6.45, 7) is 7.64. The van der Waals surface area contributed by atoms with Crippen LogP contribution in [0.25, 0.3) is 6.08 Å². The van der Waals surface area contributed by atoms with E-state index in [0.29, 0.717) is 5.92 Å². The molecule has 1 heterocycles. The van der Waals surface area contributed by atoms with Gasteiger partial charge in [-0.15, -0.1) is 0 Å². The summed E-state index contributed by atoms with van der Waals surface area (Å²) in [6.07, 6.45) is 1.04. The second-order valence-corrected chi connectivity index (χ2v) is 9.57. The SMILES string of the molecule is C=Cc1cnc(Oc2ccc(N(C(=O)[C@H]3CC[C@H](C)CC3)[C@@H](C)COC)c(C(=O)OC)c2)c(C(F)(F)F)c1. The van der Waals surface area contributed by atoms with Crippen molar-refractivity contribution < 1.29 is 37.0 Å². The first-order valence-corrected chi connectivity index (χ1v) is 12.4. The Balaban J connectivity index is 2.05. The van der Waals surface area contributed by atoms with Gasteiger partial charge in [0.2, 0.25) is 11.8 Å². The second kappa shape index (κ2) is 12.4. The van der Waals surface area contributed by atoms with Crippen molar-refractivity contribution in [2.24, 2.45) is 11.8 Å². The maximum absolute atomic E-state index is 13.7. The molecule has 3 rings (SSSR count). The average molecular weight is 535 g/mol. The number of methoxy groups -OCH3 is 2. The summed E-state index contributed by atoms with van der Waals surface area (Å²) in [5.74, 6) is -1.33. The molecule has 0 saturated heterocycles. The van der Waals surface area contributed by atoms with Crippen LogP contribution in [-0.4, -0.2) is 43.7 Å². The molecule has 7 nitrogen and oxygen atoms in total. The van der Waals surface area contributed by atoms with Crippen LogP contribution in [-0.2, 0) is 20.4 Å². The normalized spacial score (nSPS) is 18.4. The molecule has 206 valence electrons. The average Bonchev–Trinajstić information content (AvgIpc) is 2.89. The number of carbonyl (C=O) groups is 2. The lowest BCUT2D eigenvalue weighted by molar-refractivity contribution is -0.139. The lowest BCUT2D eigenvalue weighted by atomic mass is 9.82. The van der Waals surface area contributed by atoms with Crippen molar-refractivity contribution in [3.63, 3.8) is 0 Å². The van der Waals surface area contributed by atoms with Gasteiger partial charge in [0.1, 0.15) is 11.3 Å². The Labute approximate surface area is 220 Å². The number of ether oxygens (including phenoxy) is 3. The first-order valence-electron chi connectivity index (χ1n) is 12.4. The van der Waals surface area contributed by atoms with Gasteiger partial charge in [-0.1, -0.05) is 19.6 Å². The van der Waals surface area contributed by atoms with E-state index in [9.17, 15) is 22.8 Å². The highest BCUT2D eigenvalue weighted by molar-refractivity contribution is 6.04. The van der Waals surface area contributed by atoms with E-state index in [2.05, 4.69) is 18.5 Å². The molecule has 1 aliphatic carbocycles. The van der Waals surface area contributed by atoms with Crippen LogP contribution in [0, 0.1) is 11.8 Å². The Bertz CT molecular complexity index is 1160. The molecular weight excluding hydrogens is 501 g/mol. The molecule has 1 saturated carbocycles. The van der Waals surface area contributed by atoms with E-state index in [-0.39, 0.29) is 41.0 Å². The fraction of sp³-hybridized carbons (Fsp3) is 0.464. The summed E-state index contributed by atoms with van der Waals surface area (Å²) in [5, 5.41) is 0. The van der Waals surface area contributed by atoms with E-state index in [4.69, 9.17) is 14.2 Å². The van der Waals surface area contributed by atoms with Crippen molar-refractivity contribution in [1.29, 1.82) is 0 Å². The Morgan fingerprint density at radius 3 is 2.45 bits per heavy atom. The first-order chi connectivity index (χ1) is 18.0. The molecule has 0 unspecified atom stereocenters. The Morgan fingerprint density at radius 1 is 1.18 bits per heavy atom. The number of hydrogen-bond acceptors (Lipinski definition) is 6. The molecule has 0 radical (unpaired) electrons. The van der Waals surface area contributed by atoms with E-state index in [1.807, 2.05) is 0 Å². The quantitative estimate of drug-likeness (QED) is 0.341. The maximum Gasteiger partial charge on any atom is 0.421 e. The zero-order chi connectivity index (χ0) is 28.0. The number of rotatable bonds is 9. The van der Waals surface area contributed by atoms with E-state index in [1.165, 1.54) is 49.6 Å². The molecule has 0 spiro atoms. The summed E-state index contributed by atoms with van der Waals surface area (Å²) in [4.78, 5) is 31.9. The fourth-order valence-corrected chi connectivity index (χ4v) is 4.63. The van der Waals surface area contributed by atoms with Crippen molar-refractivity contribution in [1.82, 2.24) is 4.98 Å². The third kappa shape index (κ3) is 6.72. The summed E-state index contributed by atoms with van der Waals surface area (Å²) < 4.78 is 56.7. The van der Waals surface area contributed by atoms with Crippen molar-refractivity contribution in [3.05, 3.63) is 53.7 Å². The maximum atomic E-state index is 13.7. The van der Waals surface area contributed by atoms with Gasteiger partial charge in [0.05, 0.1) is 31.0 Å². The predicted octanol–water partition coefficient (Wildman–Crippen LogP) is 6.52. The van der Waals surface area contributed by atoms with Gasteiger partial charge < -0.3 is 19.1 Å². The Hall–Kier alpha value is -3.40. The lowest BCUT2D eigenvalue weighted by Crippen LogP contribution is -2.46. The number of carbonyl (C=O) groups excluding carboxylic acids is 2. The van der Waals surface area contributed by atoms with Crippen LogP contribution in [0.1, 0.15) is 61.0 Å². The Morgan fingerprint density at radius 2 is 1.87 bits per heavy atom. The number of nitrogens with zero attached hydrogens (tertiary/aromatic N) is 2. The number of hydrogen-bond donors (Lipinski definition) is 0. The molecule has 0 aliphatic heterocycles. The number of halogens is 3. The summed E-state index contributed by atoms with van der Waals surface area (Å²) in [7, 11) is 2.70. The molecular formula is C28H33F3N2O5. The molecule has 1 fully saturated rings. The minimum absolute atomic E-state index is 0.0262. The van der Waals surface area contributed by atoms with Gasteiger partial charge in [-0.05, 0) is 68.4 Å². The van der Waals surface area contributed by atoms with Crippen LogP contribution in [0.15, 0.2) is 37.0 Å². The molecule has 1 aromatic carbocycles. The van der Waals surface area contributed by atoms with Gasteiger partial charge in [0.25, 0.3) is 0 Å². The minimum atomic E-state index is -4.73. The van der Waals surface area contributed by atoms with Gasteiger partial charge in [-0.2, -0.15) is 13.2 Å². The van der Waals surface area contributed by atoms with E-state index >= 15 is 0 Å². The number of aromatic nitrogens is 1. The van der Waals surface area contributed by atoms with Crippen LogP contribution in [0.4, 0.5) is 18.9 Å². The molecule has 1 atom stereocenters. The molecule has 1 aromatic heterocycles. The molecule has 2 aromatic rings. The highest BCUT2D eigenvalue weighted by atomic mass is 19.4. The number of amides is 1. The molecule has 10 heteroatoms. The third-order valence-corrected chi connectivity index (χ3v) is 6.71. The topological polar surface area (TPSA) is 78.0 Å². The number of anilines is 1. The van der Waals surface area contributed by atoms with Gasteiger partial charge in [0.15, 0.2) is 0 Å². The summed E-state index contributed by atoms with van der Waals surface area (Å²) in [6, 6.07) is 4.58. The number of esters is 1. The highest BCUT2D eigenvalue weighted by Gasteiger charge is 2.37.